The number of nitrogens with zero attached hydrogens (tertiary/aromatic N) is 1. The van der Waals surface area contributed by atoms with Gasteiger partial charge in [-0.05, 0) is 36.5 Å². The van der Waals surface area contributed by atoms with Crippen LogP contribution in [0.1, 0.15) is 45.6 Å². The molecule has 0 radical (unpaired) electrons. The van der Waals surface area contributed by atoms with Crippen LogP contribution < -0.4 is 10.2 Å². The van der Waals surface area contributed by atoms with Crippen LogP contribution in [-0.4, -0.2) is 19.1 Å². The van der Waals surface area contributed by atoms with Crippen LogP contribution in [0.3, 0.4) is 0 Å². The highest BCUT2D eigenvalue weighted by Crippen LogP contribution is 2.28. The quantitative estimate of drug-likeness (QED) is 0.847. The van der Waals surface area contributed by atoms with E-state index in [1.807, 2.05) is 12.1 Å². The molecule has 1 fully saturated rings. The molecule has 1 aliphatic rings. The molecule has 1 heterocycles. The minimum absolute atomic E-state index is 0.0785. The Balaban J connectivity index is 1.99. The van der Waals surface area contributed by atoms with Gasteiger partial charge in [-0.3, -0.25) is 0 Å². The number of anilines is 1. The fraction of sp³-hybridized carbons (Fsp3) is 0.647. The number of hydrogen-bond donors (Lipinski definition) is 1. The van der Waals surface area contributed by atoms with E-state index in [0.29, 0.717) is 6.04 Å². The molecule has 1 unspecified atom stereocenters. The van der Waals surface area contributed by atoms with E-state index in [2.05, 4.69) is 31.0 Å². The van der Waals surface area contributed by atoms with Crippen molar-refractivity contribution in [3.8, 4) is 0 Å². The Morgan fingerprint density at radius 3 is 2.85 bits per heavy atom. The molecule has 1 aliphatic heterocycles. The van der Waals surface area contributed by atoms with Gasteiger partial charge in [0.05, 0.1) is 5.69 Å². The highest BCUT2D eigenvalue weighted by molar-refractivity contribution is 5.50. The van der Waals surface area contributed by atoms with E-state index in [4.69, 9.17) is 0 Å². The monoisotopic (exact) mass is 278 g/mol. The van der Waals surface area contributed by atoms with Gasteiger partial charge in [0.2, 0.25) is 0 Å². The molecular formula is C17H27FN2. The van der Waals surface area contributed by atoms with E-state index < -0.39 is 0 Å². The zero-order valence-corrected chi connectivity index (χ0v) is 13.0. The first kappa shape index (κ1) is 15.3. The summed E-state index contributed by atoms with van der Waals surface area (Å²) in [5, 5.41) is 3.32. The Labute approximate surface area is 122 Å². The van der Waals surface area contributed by atoms with Gasteiger partial charge in [0, 0.05) is 25.7 Å². The average Bonchev–Trinajstić information content (AvgIpc) is 2.85. The first-order valence-corrected chi connectivity index (χ1v) is 7.87. The molecule has 0 saturated carbocycles. The van der Waals surface area contributed by atoms with Gasteiger partial charge in [-0.15, -0.1) is 0 Å². The standard InChI is InChI=1S/C17H27FN2/c1-4-5-14-8-9-20(12-14)17-7-6-15(10-16(17)18)11-19-13(2)3/h6-7,10,13-14,19H,4-5,8-9,11-12H2,1-3H3. The van der Waals surface area contributed by atoms with Crippen LogP contribution >= 0.6 is 0 Å². The fourth-order valence-corrected chi connectivity index (χ4v) is 2.93. The van der Waals surface area contributed by atoms with Crippen LogP contribution in [0.4, 0.5) is 10.1 Å². The molecule has 0 aromatic heterocycles. The van der Waals surface area contributed by atoms with Crippen LogP contribution in [-0.2, 0) is 6.54 Å². The Morgan fingerprint density at radius 2 is 2.20 bits per heavy atom. The molecule has 0 amide bonds. The van der Waals surface area contributed by atoms with Crippen LogP contribution in [0, 0.1) is 11.7 Å². The molecule has 1 N–H and O–H groups in total. The summed E-state index contributed by atoms with van der Waals surface area (Å²) in [4.78, 5) is 2.20. The zero-order valence-electron chi connectivity index (χ0n) is 13.0. The second-order valence-electron chi connectivity index (χ2n) is 6.21. The second-order valence-corrected chi connectivity index (χ2v) is 6.21. The van der Waals surface area contributed by atoms with Crippen molar-refractivity contribution in [1.29, 1.82) is 0 Å². The van der Waals surface area contributed by atoms with Crippen LogP contribution in [0.15, 0.2) is 18.2 Å². The lowest BCUT2D eigenvalue weighted by molar-refractivity contribution is 0.528. The van der Waals surface area contributed by atoms with E-state index >= 15 is 0 Å². The van der Waals surface area contributed by atoms with Crippen molar-refractivity contribution in [2.45, 2.75) is 52.6 Å². The first-order valence-electron chi connectivity index (χ1n) is 7.87. The molecule has 1 saturated heterocycles. The van der Waals surface area contributed by atoms with E-state index in [1.165, 1.54) is 19.3 Å². The normalized spacial score (nSPS) is 19.1. The maximum atomic E-state index is 14.3. The fourth-order valence-electron chi connectivity index (χ4n) is 2.93. The molecule has 2 rings (SSSR count). The molecule has 1 atom stereocenters. The SMILES string of the molecule is CCCC1CCN(c2ccc(CNC(C)C)cc2F)C1. The summed E-state index contributed by atoms with van der Waals surface area (Å²) in [6.45, 7) is 9.15. The number of benzene rings is 1. The number of rotatable bonds is 6. The molecule has 0 aliphatic carbocycles. The third-order valence-electron chi connectivity index (χ3n) is 4.05. The van der Waals surface area contributed by atoms with E-state index in [9.17, 15) is 4.39 Å². The molecular weight excluding hydrogens is 251 g/mol. The summed E-state index contributed by atoms with van der Waals surface area (Å²) in [7, 11) is 0. The molecule has 0 bridgehead atoms. The van der Waals surface area contributed by atoms with Gasteiger partial charge < -0.3 is 10.2 Å². The summed E-state index contributed by atoms with van der Waals surface area (Å²) in [5.74, 6) is 0.659. The van der Waals surface area contributed by atoms with E-state index in [1.54, 1.807) is 6.07 Å². The number of nitrogens with one attached hydrogen (secondary N) is 1. The smallest absolute Gasteiger partial charge is 0.146 e. The van der Waals surface area contributed by atoms with Gasteiger partial charge in [0.1, 0.15) is 5.82 Å². The summed E-state index contributed by atoms with van der Waals surface area (Å²) in [6, 6.07) is 6.09. The Hall–Kier alpha value is -1.09. The predicted molar refractivity (Wildman–Crippen MR) is 83.6 cm³/mol. The van der Waals surface area contributed by atoms with Gasteiger partial charge in [0.15, 0.2) is 0 Å². The second kappa shape index (κ2) is 7.07. The van der Waals surface area contributed by atoms with Crippen LogP contribution in [0.25, 0.3) is 0 Å². The molecule has 112 valence electrons. The molecule has 20 heavy (non-hydrogen) atoms. The lowest BCUT2D eigenvalue weighted by atomic mass is 10.0. The van der Waals surface area contributed by atoms with Crippen molar-refractivity contribution < 1.29 is 4.39 Å². The summed E-state index contributed by atoms with van der Waals surface area (Å²) in [6.07, 6.45) is 3.68. The highest BCUT2D eigenvalue weighted by atomic mass is 19.1. The average molecular weight is 278 g/mol. The highest BCUT2D eigenvalue weighted by Gasteiger charge is 2.23. The van der Waals surface area contributed by atoms with Crippen molar-refractivity contribution >= 4 is 5.69 Å². The van der Waals surface area contributed by atoms with Gasteiger partial charge >= 0.3 is 0 Å². The van der Waals surface area contributed by atoms with Crippen LogP contribution in [0.5, 0.6) is 0 Å². The van der Waals surface area contributed by atoms with Gasteiger partial charge in [-0.1, -0.05) is 33.3 Å². The molecule has 3 heteroatoms. The number of hydrogen-bond acceptors (Lipinski definition) is 2. The minimum atomic E-state index is -0.0785. The molecule has 1 aromatic carbocycles. The van der Waals surface area contributed by atoms with Crippen LogP contribution in [0.2, 0.25) is 0 Å². The predicted octanol–water partition coefficient (Wildman–Crippen LogP) is 3.95. The maximum absolute atomic E-state index is 14.3. The topological polar surface area (TPSA) is 15.3 Å². The molecule has 2 nitrogen and oxygen atoms in total. The Morgan fingerprint density at radius 1 is 1.40 bits per heavy atom. The largest absolute Gasteiger partial charge is 0.369 e. The van der Waals surface area contributed by atoms with Gasteiger partial charge in [-0.2, -0.15) is 0 Å². The van der Waals surface area contributed by atoms with Gasteiger partial charge in [-0.25, -0.2) is 4.39 Å². The summed E-state index contributed by atoms with van der Waals surface area (Å²) >= 11 is 0. The third kappa shape index (κ3) is 3.95. The number of halogens is 1. The zero-order chi connectivity index (χ0) is 14.5. The lowest BCUT2D eigenvalue weighted by Gasteiger charge is -2.20. The van der Waals surface area contributed by atoms with Crippen molar-refractivity contribution in [1.82, 2.24) is 5.32 Å². The Kier molecular flexibility index (Phi) is 5.41. The molecule has 1 aromatic rings. The Bertz CT molecular complexity index is 431. The van der Waals surface area contributed by atoms with Crippen molar-refractivity contribution in [2.75, 3.05) is 18.0 Å². The van der Waals surface area contributed by atoms with Crippen molar-refractivity contribution in [3.63, 3.8) is 0 Å². The summed E-state index contributed by atoms with van der Waals surface area (Å²) < 4.78 is 14.3. The maximum Gasteiger partial charge on any atom is 0.146 e. The van der Waals surface area contributed by atoms with Crippen molar-refractivity contribution in [2.24, 2.45) is 5.92 Å². The minimum Gasteiger partial charge on any atom is -0.369 e. The van der Waals surface area contributed by atoms with Gasteiger partial charge in [0.25, 0.3) is 0 Å². The van der Waals surface area contributed by atoms with E-state index in [0.717, 1.165) is 36.8 Å². The van der Waals surface area contributed by atoms with E-state index in [-0.39, 0.29) is 5.82 Å². The molecule has 0 spiro atoms. The third-order valence-corrected chi connectivity index (χ3v) is 4.05. The summed E-state index contributed by atoms with van der Waals surface area (Å²) in [5.41, 5.74) is 1.79. The lowest BCUT2D eigenvalue weighted by Crippen LogP contribution is -2.23. The first-order chi connectivity index (χ1) is 9.60. The van der Waals surface area contributed by atoms with Crippen molar-refractivity contribution in [3.05, 3.63) is 29.6 Å².